The number of cyclic esters (lactones) is 1. The van der Waals surface area contributed by atoms with Crippen molar-refractivity contribution in [2.45, 2.75) is 13.0 Å². The quantitative estimate of drug-likeness (QED) is 0.601. The van der Waals surface area contributed by atoms with Crippen LogP contribution in [-0.2, 0) is 9.47 Å². The first-order valence-corrected chi connectivity index (χ1v) is 8.48. The predicted octanol–water partition coefficient (Wildman–Crippen LogP) is 2.76. The van der Waals surface area contributed by atoms with Crippen molar-refractivity contribution in [3.63, 3.8) is 0 Å². The van der Waals surface area contributed by atoms with Crippen molar-refractivity contribution in [3.8, 4) is 0 Å². The van der Waals surface area contributed by atoms with Crippen LogP contribution in [0.3, 0.4) is 0 Å². The van der Waals surface area contributed by atoms with Gasteiger partial charge in [0, 0.05) is 18.7 Å². The average Bonchev–Trinajstić information content (AvgIpc) is 3.29. The molecule has 0 spiro atoms. The lowest BCUT2D eigenvalue weighted by molar-refractivity contribution is 0.0529. The summed E-state index contributed by atoms with van der Waals surface area (Å²) < 4.78 is 30.6. The number of nitrogens with zero attached hydrogens (tertiary/aromatic N) is 3. The van der Waals surface area contributed by atoms with Crippen LogP contribution in [-0.4, -0.2) is 56.5 Å². The molecule has 144 valence electrons. The molecule has 0 N–H and O–H groups in total. The molecular weight excluding hydrogens is 357 g/mol. The Bertz CT molecular complexity index is 868. The topological polar surface area (TPSA) is 85.1 Å². The lowest BCUT2D eigenvalue weighted by Gasteiger charge is -2.33. The summed E-state index contributed by atoms with van der Waals surface area (Å²) >= 11 is 0. The number of carbonyl (C=O) groups is 2. The zero-order valence-corrected chi connectivity index (χ0v) is 14.9. The third kappa shape index (κ3) is 3.25. The number of carbonyl (C=O) groups excluding carboxylic acids is 2. The monoisotopic (exact) mass is 377 g/mol. The van der Waals surface area contributed by atoms with Gasteiger partial charge in [-0.25, -0.2) is 9.18 Å². The van der Waals surface area contributed by atoms with Gasteiger partial charge < -0.3 is 18.9 Å². The second kappa shape index (κ2) is 7.75. The second-order valence-corrected chi connectivity index (χ2v) is 6.02. The number of rotatable bonds is 3. The van der Waals surface area contributed by atoms with Gasteiger partial charge in [-0.2, -0.15) is 0 Å². The fourth-order valence-electron chi connectivity index (χ4n) is 3.25. The van der Waals surface area contributed by atoms with E-state index >= 15 is 4.39 Å². The third-order valence-electron chi connectivity index (χ3n) is 4.39. The molecule has 2 aliphatic heterocycles. The van der Waals surface area contributed by atoms with Crippen molar-refractivity contribution in [1.29, 1.82) is 0 Å². The highest BCUT2D eigenvalue weighted by atomic mass is 19.1. The molecule has 0 aliphatic carbocycles. The van der Waals surface area contributed by atoms with Gasteiger partial charge in [0.15, 0.2) is 17.9 Å². The minimum atomic E-state index is -0.667. The summed E-state index contributed by atoms with van der Waals surface area (Å²) in [6.45, 7) is 9.77. The van der Waals surface area contributed by atoms with Gasteiger partial charge in [0.05, 0.1) is 30.3 Å². The van der Waals surface area contributed by atoms with Crippen molar-refractivity contribution >= 4 is 34.9 Å². The molecule has 1 aromatic carbocycles. The average molecular weight is 377 g/mol. The lowest BCUT2D eigenvalue weighted by atomic mass is 10.1. The minimum Gasteiger partial charge on any atom is -0.447 e. The van der Waals surface area contributed by atoms with Gasteiger partial charge in [0.25, 0.3) is 0 Å². The Morgan fingerprint density at radius 2 is 2.11 bits per heavy atom. The van der Waals surface area contributed by atoms with Crippen LogP contribution in [0, 0.1) is 5.82 Å². The molecule has 9 heteroatoms. The van der Waals surface area contributed by atoms with Crippen molar-refractivity contribution in [2.75, 3.05) is 42.6 Å². The Balaban J connectivity index is 0.00000102. The molecule has 2 aromatic rings. The van der Waals surface area contributed by atoms with Gasteiger partial charge in [-0.05, 0) is 13.0 Å². The molecule has 8 nitrogen and oxygen atoms in total. The van der Waals surface area contributed by atoms with Gasteiger partial charge in [0.1, 0.15) is 6.61 Å². The molecule has 2 saturated heterocycles. The SMILES string of the molecule is C=C.C[C@@H]1CN(c2c(C=O)cc3c(N4CCOC4=O)noc3c2F)CCO1. The van der Waals surface area contributed by atoms with Crippen LogP contribution in [0.15, 0.2) is 23.7 Å². The van der Waals surface area contributed by atoms with E-state index < -0.39 is 11.9 Å². The van der Waals surface area contributed by atoms with Crippen molar-refractivity contribution < 1.29 is 28.0 Å². The molecule has 1 amide bonds. The van der Waals surface area contributed by atoms with Crippen LogP contribution in [0.25, 0.3) is 11.0 Å². The summed E-state index contributed by atoms with van der Waals surface area (Å²) in [4.78, 5) is 26.4. The molecule has 0 unspecified atom stereocenters. The minimum absolute atomic E-state index is 0.0759. The zero-order valence-electron chi connectivity index (χ0n) is 14.9. The Morgan fingerprint density at radius 3 is 2.74 bits per heavy atom. The molecule has 0 bridgehead atoms. The van der Waals surface area contributed by atoms with Crippen LogP contribution in [0.4, 0.5) is 20.7 Å². The summed E-state index contributed by atoms with van der Waals surface area (Å²) in [5, 5.41) is 4.08. The molecule has 1 aromatic heterocycles. The Hall–Kier alpha value is -2.94. The number of halogens is 1. The molecule has 2 aliphatic rings. The second-order valence-electron chi connectivity index (χ2n) is 6.02. The number of aldehydes is 1. The molecule has 0 saturated carbocycles. The maximum Gasteiger partial charge on any atom is 0.415 e. The highest BCUT2D eigenvalue weighted by Gasteiger charge is 2.32. The summed E-state index contributed by atoms with van der Waals surface area (Å²) in [5.74, 6) is -0.513. The first-order valence-electron chi connectivity index (χ1n) is 8.48. The summed E-state index contributed by atoms with van der Waals surface area (Å²) in [6.07, 6.45) is -0.0563. The Kier molecular flexibility index (Phi) is 5.41. The van der Waals surface area contributed by atoms with E-state index in [1.54, 1.807) is 4.90 Å². The van der Waals surface area contributed by atoms with Crippen LogP contribution in [0.2, 0.25) is 0 Å². The summed E-state index contributed by atoms with van der Waals surface area (Å²) in [5.41, 5.74) is 0.259. The molecule has 27 heavy (non-hydrogen) atoms. The highest BCUT2D eigenvalue weighted by molar-refractivity contribution is 6.03. The van der Waals surface area contributed by atoms with Crippen LogP contribution >= 0.6 is 0 Å². The number of amides is 1. The number of ether oxygens (including phenoxy) is 2. The van der Waals surface area contributed by atoms with Gasteiger partial charge >= 0.3 is 6.09 Å². The Labute approximate surface area is 155 Å². The van der Waals surface area contributed by atoms with Crippen LogP contribution in [0.5, 0.6) is 0 Å². The van der Waals surface area contributed by atoms with Gasteiger partial charge in [0.2, 0.25) is 5.58 Å². The lowest BCUT2D eigenvalue weighted by Crippen LogP contribution is -2.42. The van der Waals surface area contributed by atoms with E-state index in [1.165, 1.54) is 11.0 Å². The standard InChI is InChI=1S/C16H16FN3O5.C2H4/c1-9-7-19(2-4-23-9)13-10(8-21)6-11-14(12(13)17)25-18-15(11)20-3-5-24-16(20)22;1-2/h6,8-9H,2-5,7H2,1H3;1-2H2/t9-;/m1./s1. The van der Waals surface area contributed by atoms with E-state index in [0.29, 0.717) is 32.5 Å². The van der Waals surface area contributed by atoms with Crippen molar-refractivity contribution in [3.05, 3.63) is 30.6 Å². The van der Waals surface area contributed by atoms with E-state index in [4.69, 9.17) is 14.0 Å². The first kappa shape index (κ1) is 18.8. The number of benzene rings is 1. The number of fused-ring (bicyclic) bond motifs is 1. The van der Waals surface area contributed by atoms with Gasteiger partial charge in [-0.3, -0.25) is 9.69 Å². The number of anilines is 2. The molecular formula is C18H20FN3O5. The normalized spacial score (nSPS) is 19.6. The third-order valence-corrected chi connectivity index (χ3v) is 4.39. The highest BCUT2D eigenvalue weighted by Crippen LogP contribution is 2.36. The molecule has 3 heterocycles. The fourth-order valence-corrected chi connectivity index (χ4v) is 3.25. The molecule has 1 atom stereocenters. The van der Waals surface area contributed by atoms with Crippen LogP contribution in [0.1, 0.15) is 17.3 Å². The number of hydrogen-bond acceptors (Lipinski definition) is 7. The molecule has 2 fully saturated rings. The van der Waals surface area contributed by atoms with E-state index in [-0.39, 0.29) is 40.7 Å². The van der Waals surface area contributed by atoms with Gasteiger partial charge in [-0.15, -0.1) is 13.2 Å². The Morgan fingerprint density at radius 1 is 1.33 bits per heavy atom. The van der Waals surface area contributed by atoms with Gasteiger partial charge in [-0.1, -0.05) is 5.16 Å². The first-order chi connectivity index (χ1) is 13.1. The largest absolute Gasteiger partial charge is 0.447 e. The fraction of sp³-hybridized carbons (Fsp3) is 0.389. The zero-order chi connectivity index (χ0) is 19.6. The molecule has 0 radical (unpaired) electrons. The summed E-state index contributed by atoms with van der Waals surface area (Å²) in [6, 6.07) is 1.50. The molecule has 4 rings (SSSR count). The maximum absolute atomic E-state index is 15.1. The number of morpholine rings is 1. The predicted molar refractivity (Wildman–Crippen MR) is 96.9 cm³/mol. The number of aromatic nitrogens is 1. The van der Waals surface area contributed by atoms with Crippen LogP contribution < -0.4 is 9.80 Å². The smallest absolute Gasteiger partial charge is 0.415 e. The summed E-state index contributed by atoms with van der Waals surface area (Å²) in [7, 11) is 0. The van der Waals surface area contributed by atoms with E-state index in [9.17, 15) is 9.59 Å². The van der Waals surface area contributed by atoms with E-state index in [0.717, 1.165) is 0 Å². The maximum atomic E-state index is 15.1. The number of hydrogen-bond donors (Lipinski definition) is 0. The van der Waals surface area contributed by atoms with E-state index in [1.807, 2.05) is 6.92 Å². The van der Waals surface area contributed by atoms with Crippen molar-refractivity contribution in [2.24, 2.45) is 0 Å². The van der Waals surface area contributed by atoms with Crippen molar-refractivity contribution in [1.82, 2.24) is 5.16 Å². The van der Waals surface area contributed by atoms with E-state index in [2.05, 4.69) is 18.3 Å².